The Morgan fingerprint density at radius 2 is 1.74 bits per heavy atom. The number of carbonyl (C=O) groups is 2. The Balaban J connectivity index is 1.71. The molecule has 2 heterocycles. The van der Waals surface area contributed by atoms with Crippen LogP contribution in [0.25, 0.3) is 0 Å². The molecule has 2 saturated heterocycles. The highest BCUT2D eigenvalue weighted by atomic mass is 32.2. The second-order valence-electron chi connectivity index (χ2n) is 8.39. The predicted molar refractivity (Wildman–Crippen MR) is 109 cm³/mol. The van der Waals surface area contributed by atoms with Crippen LogP contribution in [0.3, 0.4) is 0 Å². The van der Waals surface area contributed by atoms with E-state index in [1.54, 1.807) is 7.11 Å². The van der Waals surface area contributed by atoms with E-state index < -0.39 is 0 Å². The molecule has 3 rings (SSSR count). The van der Waals surface area contributed by atoms with Crippen molar-refractivity contribution in [1.29, 1.82) is 0 Å². The standard InChI is InChI=1S/C21H30N2O3S/c1-20(2,3)17-7-5-16(6-8-17)19(25)23-13-14-27-21(23)9-11-22(12-10-21)18(24)15-26-4/h5-8H,9-15H2,1-4H3. The van der Waals surface area contributed by atoms with Gasteiger partial charge in [0.25, 0.3) is 5.91 Å². The third kappa shape index (κ3) is 4.16. The first kappa shape index (κ1) is 20.2. The van der Waals surface area contributed by atoms with Crippen molar-refractivity contribution < 1.29 is 14.3 Å². The van der Waals surface area contributed by atoms with Gasteiger partial charge in [0.2, 0.25) is 5.91 Å². The van der Waals surface area contributed by atoms with Crippen molar-refractivity contribution in [3.63, 3.8) is 0 Å². The van der Waals surface area contributed by atoms with Crippen molar-refractivity contribution >= 4 is 23.6 Å². The number of nitrogens with zero attached hydrogens (tertiary/aromatic N) is 2. The summed E-state index contributed by atoms with van der Waals surface area (Å²) in [6, 6.07) is 8.04. The molecule has 2 fully saturated rings. The van der Waals surface area contributed by atoms with Crippen molar-refractivity contribution in [2.24, 2.45) is 0 Å². The van der Waals surface area contributed by atoms with Gasteiger partial charge in [-0.1, -0.05) is 32.9 Å². The molecular formula is C21H30N2O3S. The van der Waals surface area contributed by atoms with E-state index in [1.165, 1.54) is 5.56 Å². The number of methoxy groups -OCH3 is 1. The van der Waals surface area contributed by atoms with Gasteiger partial charge in [-0.15, -0.1) is 11.8 Å². The Hall–Kier alpha value is -1.53. The topological polar surface area (TPSA) is 49.9 Å². The number of hydrogen-bond acceptors (Lipinski definition) is 4. The van der Waals surface area contributed by atoms with Crippen molar-refractivity contribution in [2.75, 3.05) is 39.1 Å². The lowest BCUT2D eigenvalue weighted by molar-refractivity contribution is -0.136. The lowest BCUT2D eigenvalue weighted by Crippen LogP contribution is -2.54. The highest BCUT2D eigenvalue weighted by molar-refractivity contribution is 8.00. The fourth-order valence-corrected chi connectivity index (χ4v) is 5.35. The minimum atomic E-state index is -0.177. The maximum atomic E-state index is 13.2. The summed E-state index contributed by atoms with van der Waals surface area (Å²) < 4.78 is 4.96. The molecule has 5 nitrogen and oxygen atoms in total. The maximum Gasteiger partial charge on any atom is 0.254 e. The molecule has 2 aliphatic heterocycles. The zero-order valence-electron chi connectivity index (χ0n) is 16.8. The number of carbonyl (C=O) groups excluding carboxylic acids is 2. The smallest absolute Gasteiger partial charge is 0.254 e. The molecule has 0 atom stereocenters. The summed E-state index contributed by atoms with van der Waals surface area (Å²) in [6.07, 6.45) is 1.64. The first-order valence-corrected chi connectivity index (χ1v) is 10.6. The van der Waals surface area contributed by atoms with Gasteiger partial charge in [-0.05, 0) is 36.0 Å². The first-order valence-electron chi connectivity index (χ1n) is 9.60. The van der Waals surface area contributed by atoms with E-state index >= 15 is 0 Å². The largest absolute Gasteiger partial charge is 0.375 e. The molecule has 0 unspecified atom stereocenters. The van der Waals surface area contributed by atoms with Crippen LogP contribution in [0.4, 0.5) is 0 Å². The minimum absolute atomic E-state index is 0.0333. The van der Waals surface area contributed by atoms with E-state index in [1.807, 2.05) is 33.7 Å². The first-order chi connectivity index (χ1) is 12.8. The molecule has 2 amide bonds. The van der Waals surface area contributed by atoms with Gasteiger partial charge in [0, 0.05) is 38.1 Å². The van der Waals surface area contributed by atoms with Gasteiger partial charge in [0.1, 0.15) is 6.61 Å². The molecule has 1 aromatic carbocycles. The van der Waals surface area contributed by atoms with Crippen molar-refractivity contribution in [3.8, 4) is 0 Å². The maximum absolute atomic E-state index is 13.2. The third-order valence-corrected chi connectivity index (χ3v) is 7.14. The molecule has 148 valence electrons. The van der Waals surface area contributed by atoms with Crippen LogP contribution >= 0.6 is 11.8 Å². The van der Waals surface area contributed by atoms with Gasteiger partial charge in [-0.25, -0.2) is 0 Å². The van der Waals surface area contributed by atoms with Crippen LogP contribution in [0.1, 0.15) is 49.5 Å². The Bertz CT molecular complexity index is 688. The molecule has 0 radical (unpaired) electrons. The summed E-state index contributed by atoms with van der Waals surface area (Å²) in [5.74, 6) is 1.10. The van der Waals surface area contributed by atoms with Gasteiger partial charge >= 0.3 is 0 Å². The average Bonchev–Trinajstić information content (AvgIpc) is 3.04. The third-order valence-electron chi connectivity index (χ3n) is 5.59. The lowest BCUT2D eigenvalue weighted by atomic mass is 9.86. The van der Waals surface area contributed by atoms with Gasteiger partial charge in [-0.3, -0.25) is 9.59 Å². The number of hydrogen-bond donors (Lipinski definition) is 0. The molecule has 1 aromatic rings. The van der Waals surface area contributed by atoms with E-state index in [2.05, 4.69) is 32.9 Å². The summed E-state index contributed by atoms with van der Waals surface area (Å²) in [4.78, 5) is 29.0. The summed E-state index contributed by atoms with van der Waals surface area (Å²) in [6.45, 7) is 8.79. The van der Waals surface area contributed by atoms with Crippen molar-refractivity contribution in [2.45, 2.75) is 43.9 Å². The van der Waals surface area contributed by atoms with Gasteiger partial charge < -0.3 is 14.5 Å². The van der Waals surface area contributed by atoms with Crippen LogP contribution in [0.15, 0.2) is 24.3 Å². The number of rotatable bonds is 3. The molecule has 6 heteroatoms. The molecule has 0 N–H and O–H groups in total. The van der Waals surface area contributed by atoms with Gasteiger partial charge in [-0.2, -0.15) is 0 Å². The van der Waals surface area contributed by atoms with Crippen molar-refractivity contribution in [3.05, 3.63) is 35.4 Å². The van der Waals surface area contributed by atoms with Crippen LogP contribution < -0.4 is 0 Å². The highest BCUT2D eigenvalue weighted by Gasteiger charge is 2.47. The molecule has 0 saturated carbocycles. The Kier molecular flexibility index (Phi) is 5.87. The molecule has 0 bridgehead atoms. The van der Waals surface area contributed by atoms with Crippen LogP contribution in [0.5, 0.6) is 0 Å². The van der Waals surface area contributed by atoms with E-state index in [4.69, 9.17) is 4.74 Å². The molecule has 1 spiro atoms. The Labute approximate surface area is 166 Å². The molecule has 2 aliphatic rings. The van der Waals surface area contributed by atoms with Crippen LogP contribution in [0.2, 0.25) is 0 Å². The van der Waals surface area contributed by atoms with Gasteiger partial charge in [0.15, 0.2) is 0 Å². The molecule has 0 aromatic heterocycles. The number of benzene rings is 1. The quantitative estimate of drug-likeness (QED) is 0.796. The summed E-state index contributed by atoms with van der Waals surface area (Å²) in [7, 11) is 1.54. The van der Waals surface area contributed by atoms with E-state index in [-0.39, 0.29) is 28.7 Å². The zero-order chi connectivity index (χ0) is 19.7. The number of thioether (sulfide) groups is 1. The van der Waals surface area contributed by atoms with Crippen LogP contribution in [-0.2, 0) is 14.9 Å². The fraction of sp³-hybridized carbons (Fsp3) is 0.619. The molecular weight excluding hydrogens is 360 g/mol. The second-order valence-corrected chi connectivity index (χ2v) is 9.85. The number of likely N-dealkylation sites (tertiary alicyclic amines) is 1. The number of piperidine rings is 1. The van der Waals surface area contributed by atoms with Gasteiger partial charge in [0.05, 0.1) is 4.87 Å². The Morgan fingerprint density at radius 3 is 2.30 bits per heavy atom. The number of amides is 2. The van der Waals surface area contributed by atoms with Crippen LogP contribution in [-0.4, -0.2) is 65.6 Å². The fourth-order valence-electron chi connectivity index (χ4n) is 3.90. The van der Waals surface area contributed by atoms with Crippen molar-refractivity contribution in [1.82, 2.24) is 9.80 Å². The highest BCUT2D eigenvalue weighted by Crippen LogP contribution is 2.44. The zero-order valence-corrected chi connectivity index (χ0v) is 17.6. The average molecular weight is 391 g/mol. The second kappa shape index (κ2) is 7.84. The Morgan fingerprint density at radius 1 is 1.11 bits per heavy atom. The summed E-state index contributed by atoms with van der Waals surface area (Å²) in [5, 5.41) is 0. The molecule has 0 aliphatic carbocycles. The predicted octanol–water partition coefficient (Wildman–Crippen LogP) is 3.14. The normalized spacial score (nSPS) is 19.6. The number of ether oxygens (including phenoxy) is 1. The minimum Gasteiger partial charge on any atom is -0.375 e. The van der Waals surface area contributed by atoms with E-state index in [0.29, 0.717) is 13.1 Å². The SMILES string of the molecule is COCC(=O)N1CCC2(CC1)SCCN2C(=O)c1ccc(C(C)(C)C)cc1. The van der Waals surface area contributed by atoms with Crippen LogP contribution in [0, 0.1) is 0 Å². The van der Waals surface area contributed by atoms with E-state index in [9.17, 15) is 9.59 Å². The summed E-state index contributed by atoms with van der Waals surface area (Å²) >= 11 is 1.87. The summed E-state index contributed by atoms with van der Waals surface area (Å²) in [5.41, 5.74) is 2.06. The van der Waals surface area contributed by atoms with E-state index in [0.717, 1.165) is 30.7 Å². The molecule has 27 heavy (non-hydrogen) atoms. The monoisotopic (exact) mass is 390 g/mol. The lowest BCUT2D eigenvalue weighted by Gasteiger charge is -2.44.